The molecule has 1 unspecified atom stereocenters. The Morgan fingerprint density at radius 1 is 1.10 bits per heavy atom. The molecule has 5 nitrogen and oxygen atoms in total. The number of pyridine rings is 1. The normalized spacial score (nSPS) is 20.2. The first-order chi connectivity index (χ1) is 14.6. The SMILES string of the molecule is CC(F)CNC1CCC(C(=O)Cc2cc3cc(-c4cnccn4)ccc3cn2)CC1. The van der Waals surface area contributed by atoms with E-state index in [-0.39, 0.29) is 11.7 Å². The fourth-order valence-corrected chi connectivity index (χ4v) is 4.16. The average Bonchev–Trinajstić information content (AvgIpc) is 2.78. The molecule has 1 fully saturated rings. The lowest BCUT2D eigenvalue weighted by Crippen LogP contribution is -2.37. The van der Waals surface area contributed by atoms with Crippen LogP contribution in [0, 0.1) is 5.92 Å². The number of ketones is 1. The summed E-state index contributed by atoms with van der Waals surface area (Å²) in [5.74, 6) is 0.332. The van der Waals surface area contributed by atoms with E-state index in [2.05, 4.69) is 26.3 Å². The van der Waals surface area contributed by atoms with Gasteiger partial charge in [0.2, 0.25) is 0 Å². The summed E-state index contributed by atoms with van der Waals surface area (Å²) in [4.78, 5) is 25.8. The molecule has 1 aliphatic rings. The number of halogens is 1. The highest BCUT2D eigenvalue weighted by Gasteiger charge is 2.26. The molecule has 6 heteroatoms. The number of rotatable bonds is 7. The van der Waals surface area contributed by atoms with Gasteiger partial charge in [-0.2, -0.15) is 0 Å². The van der Waals surface area contributed by atoms with Gasteiger partial charge in [-0.05, 0) is 50.1 Å². The first kappa shape index (κ1) is 20.5. The van der Waals surface area contributed by atoms with Crippen LogP contribution >= 0.6 is 0 Å². The zero-order valence-electron chi connectivity index (χ0n) is 17.2. The van der Waals surface area contributed by atoms with E-state index in [1.165, 1.54) is 0 Å². The van der Waals surface area contributed by atoms with Crippen LogP contribution < -0.4 is 5.32 Å². The van der Waals surface area contributed by atoms with Gasteiger partial charge in [-0.3, -0.25) is 19.7 Å². The van der Waals surface area contributed by atoms with Crippen molar-refractivity contribution in [2.45, 2.75) is 51.2 Å². The summed E-state index contributed by atoms with van der Waals surface area (Å²) in [5.41, 5.74) is 2.61. The van der Waals surface area contributed by atoms with Crippen molar-refractivity contribution in [1.29, 1.82) is 0 Å². The third-order valence-electron chi connectivity index (χ3n) is 5.86. The zero-order chi connectivity index (χ0) is 20.9. The summed E-state index contributed by atoms with van der Waals surface area (Å²) >= 11 is 0. The Hall–Kier alpha value is -2.73. The van der Waals surface area contributed by atoms with Crippen LogP contribution in [0.15, 0.2) is 49.1 Å². The van der Waals surface area contributed by atoms with E-state index in [1.807, 2.05) is 24.4 Å². The average molecular weight is 407 g/mol. The predicted octanol–water partition coefficient (Wildman–Crippen LogP) is 4.31. The second-order valence-electron chi connectivity index (χ2n) is 8.21. The van der Waals surface area contributed by atoms with Gasteiger partial charge in [-0.1, -0.05) is 12.1 Å². The van der Waals surface area contributed by atoms with E-state index in [1.54, 1.807) is 25.5 Å². The van der Waals surface area contributed by atoms with Gasteiger partial charge in [0.15, 0.2) is 0 Å². The van der Waals surface area contributed by atoms with Crippen molar-refractivity contribution in [3.8, 4) is 11.3 Å². The molecule has 1 aromatic carbocycles. The van der Waals surface area contributed by atoms with Crippen LogP contribution in [-0.4, -0.2) is 39.5 Å². The maximum absolute atomic E-state index is 13.0. The molecule has 0 saturated heterocycles. The number of benzene rings is 1. The third kappa shape index (κ3) is 5.05. The molecule has 2 aromatic heterocycles. The maximum atomic E-state index is 13.0. The van der Waals surface area contributed by atoms with Gasteiger partial charge in [0.25, 0.3) is 0 Å². The molecule has 0 bridgehead atoms. The van der Waals surface area contributed by atoms with Crippen LogP contribution in [0.5, 0.6) is 0 Å². The minimum absolute atomic E-state index is 0.0780. The molecule has 1 saturated carbocycles. The number of carbonyl (C=O) groups is 1. The smallest absolute Gasteiger partial charge is 0.141 e. The minimum atomic E-state index is -0.835. The van der Waals surface area contributed by atoms with Gasteiger partial charge < -0.3 is 5.32 Å². The molecule has 2 heterocycles. The van der Waals surface area contributed by atoms with Crippen LogP contribution in [0.3, 0.4) is 0 Å². The monoisotopic (exact) mass is 406 g/mol. The Morgan fingerprint density at radius 2 is 1.93 bits per heavy atom. The Bertz CT molecular complexity index is 1000. The van der Waals surface area contributed by atoms with Crippen molar-refractivity contribution in [1.82, 2.24) is 20.3 Å². The Labute approximate surface area is 176 Å². The van der Waals surface area contributed by atoms with Crippen molar-refractivity contribution in [2.24, 2.45) is 5.92 Å². The van der Waals surface area contributed by atoms with Crippen LogP contribution in [0.2, 0.25) is 0 Å². The lowest BCUT2D eigenvalue weighted by molar-refractivity contribution is -0.123. The van der Waals surface area contributed by atoms with E-state index >= 15 is 0 Å². The summed E-state index contributed by atoms with van der Waals surface area (Å²) in [5, 5.41) is 5.34. The maximum Gasteiger partial charge on any atom is 0.141 e. The Kier molecular flexibility index (Phi) is 6.43. The number of carbonyl (C=O) groups excluding carboxylic acids is 1. The van der Waals surface area contributed by atoms with Gasteiger partial charge in [-0.25, -0.2) is 4.39 Å². The van der Waals surface area contributed by atoms with E-state index in [0.717, 1.165) is 53.4 Å². The predicted molar refractivity (Wildman–Crippen MR) is 116 cm³/mol. The fourth-order valence-electron chi connectivity index (χ4n) is 4.16. The molecule has 30 heavy (non-hydrogen) atoms. The van der Waals surface area contributed by atoms with E-state index in [0.29, 0.717) is 19.0 Å². The molecule has 0 aliphatic heterocycles. The van der Waals surface area contributed by atoms with Gasteiger partial charge >= 0.3 is 0 Å². The lowest BCUT2D eigenvalue weighted by Gasteiger charge is -2.28. The molecule has 0 radical (unpaired) electrons. The number of nitrogens with one attached hydrogen (secondary N) is 1. The quantitative estimate of drug-likeness (QED) is 0.633. The molecular weight excluding hydrogens is 379 g/mol. The molecule has 1 atom stereocenters. The molecule has 3 aromatic rings. The van der Waals surface area contributed by atoms with E-state index in [4.69, 9.17) is 0 Å². The summed E-state index contributed by atoms with van der Waals surface area (Å²) in [6.07, 6.45) is 10.0. The topological polar surface area (TPSA) is 67.8 Å². The highest BCUT2D eigenvalue weighted by Crippen LogP contribution is 2.27. The Morgan fingerprint density at radius 3 is 2.67 bits per heavy atom. The van der Waals surface area contributed by atoms with Gasteiger partial charge in [0, 0.05) is 60.2 Å². The number of aromatic nitrogens is 3. The lowest BCUT2D eigenvalue weighted by atomic mass is 9.82. The van der Waals surface area contributed by atoms with E-state index < -0.39 is 6.17 Å². The summed E-state index contributed by atoms with van der Waals surface area (Å²) in [7, 11) is 0. The van der Waals surface area contributed by atoms with Crippen LogP contribution in [0.1, 0.15) is 38.3 Å². The molecule has 1 N–H and O–H groups in total. The molecular formula is C24H27FN4O. The van der Waals surface area contributed by atoms with Crippen molar-refractivity contribution >= 4 is 16.6 Å². The van der Waals surface area contributed by atoms with Crippen molar-refractivity contribution in [3.05, 3.63) is 54.7 Å². The summed E-state index contributed by atoms with van der Waals surface area (Å²) in [6.45, 7) is 1.95. The molecule has 0 amide bonds. The first-order valence-corrected chi connectivity index (χ1v) is 10.6. The number of alkyl halides is 1. The standard InChI is InChI=1S/C24H27FN4O/c1-16(25)13-28-21-6-4-17(5-7-21)24(30)12-22-11-20-10-18(2-3-19(20)14-29-22)23-15-26-8-9-27-23/h2-3,8-11,14-17,21,28H,4-7,12-13H2,1H3. The van der Waals surface area contributed by atoms with E-state index in [9.17, 15) is 9.18 Å². The number of fused-ring (bicyclic) bond motifs is 1. The zero-order valence-corrected chi connectivity index (χ0v) is 17.2. The van der Waals surface area contributed by atoms with Gasteiger partial charge in [0.05, 0.1) is 11.9 Å². The first-order valence-electron chi connectivity index (χ1n) is 10.6. The molecule has 156 valence electrons. The second kappa shape index (κ2) is 9.39. The highest BCUT2D eigenvalue weighted by atomic mass is 19.1. The minimum Gasteiger partial charge on any atom is -0.311 e. The molecule has 0 spiro atoms. The highest BCUT2D eigenvalue weighted by molar-refractivity contribution is 5.88. The van der Waals surface area contributed by atoms with Gasteiger partial charge in [-0.15, -0.1) is 0 Å². The van der Waals surface area contributed by atoms with Crippen LogP contribution in [0.25, 0.3) is 22.0 Å². The molecule has 1 aliphatic carbocycles. The summed E-state index contributed by atoms with van der Waals surface area (Å²) in [6, 6.07) is 8.42. The number of nitrogens with zero attached hydrogens (tertiary/aromatic N) is 3. The van der Waals surface area contributed by atoms with Crippen molar-refractivity contribution < 1.29 is 9.18 Å². The van der Waals surface area contributed by atoms with Crippen LogP contribution in [-0.2, 0) is 11.2 Å². The van der Waals surface area contributed by atoms with Crippen molar-refractivity contribution in [2.75, 3.05) is 6.54 Å². The summed E-state index contributed by atoms with van der Waals surface area (Å²) < 4.78 is 13.0. The largest absolute Gasteiger partial charge is 0.311 e. The van der Waals surface area contributed by atoms with Crippen molar-refractivity contribution in [3.63, 3.8) is 0 Å². The third-order valence-corrected chi connectivity index (χ3v) is 5.86. The van der Waals surface area contributed by atoms with Crippen LogP contribution in [0.4, 0.5) is 4.39 Å². The Balaban J connectivity index is 1.40. The number of Topliss-reactive ketones (excluding diaryl/α,β-unsaturated/α-hetero) is 1. The second-order valence-corrected chi connectivity index (χ2v) is 8.21. The number of hydrogen-bond donors (Lipinski definition) is 1. The number of hydrogen-bond acceptors (Lipinski definition) is 5. The van der Waals surface area contributed by atoms with Gasteiger partial charge in [0.1, 0.15) is 12.0 Å². The fraction of sp³-hybridized carbons (Fsp3) is 0.417. The molecule has 4 rings (SSSR count).